The van der Waals surface area contributed by atoms with Gasteiger partial charge < -0.3 is 5.73 Å². The zero-order valence-corrected chi connectivity index (χ0v) is 9.05. The van der Waals surface area contributed by atoms with E-state index in [-0.39, 0.29) is 6.04 Å². The van der Waals surface area contributed by atoms with Crippen LogP contribution in [-0.4, -0.2) is 36.9 Å². The quantitative estimate of drug-likeness (QED) is 0.646. The molecule has 0 aliphatic carbocycles. The fourth-order valence-corrected chi connectivity index (χ4v) is 1.39. The molecule has 3 nitrogen and oxygen atoms in total. The van der Waals surface area contributed by atoms with Gasteiger partial charge in [0.2, 0.25) is 0 Å². The van der Waals surface area contributed by atoms with Crippen LogP contribution in [0, 0.1) is 0 Å². The Hall–Kier alpha value is -0.410. The summed E-state index contributed by atoms with van der Waals surface area (Å²) < 4.78 is 0. The second kappa shape index (κ2) is 7.04. The molecule has 3 heteroatoms. The molecule has 1 atom stereocenters. The number of rotatable bonds is 7. The topological polar surface area (TPSA) is 46.3 Å². The Morgan fingerprint density at radius 3 is 2.46 bits per heavy atom. The van der Waals surface area contributed by atoms with Gasteiger partial charge in [-0.25, -0.2) is 0 Å². The van der Waals surface area contributed by atoms with Crippen LogP contribution in [0.1, 0.15) is 33.1 Å². The Balaban J connectivity index is 4.09. The summed E-state index contributed by atoms with van der Waals surface area (Å²) in [6, 6.07) is 0.0820. The summed E-state index contributed by atoms with van der Waals surface area (Å²) in [6.45, 7) is 5.58. The normalized spacial score (nSPS) is 13.3. The van der Waals surface area contributed by atoms with E-state index in [1.807, 2.05) is 14.0 Å². The molecule has 0 aromatic carbocycles. The van der Waals surface area contributed by atoms with E-state index in [1.165, 1.54) is 0 Å². The zero-order chi connectivity index (χ0) is 10.3. The second-order valence-electron chi connectivity index (χ2n) is 3.34. The molecule has 0 spiro atoms. The van der Waals surface area contributed by atoms with Crippen molar-refractivity contribution in [2.24, 2.45) is 5.73 Å². The van der Waals surface area contributed by atoms with E-state index >= 15 is 0 Å². The Morgan fingerprint density at radius 2 is 2.08 bits per heavy atom. The van der Waals surface area contributed by atoms with Crippen LogP contribution in [0.5, 0.6) is 0 Å². The third-order valence-corrected chi connectivity index (χ3v) is 2.43. The van der Waals surface area contributed by atoms with E-state index < -0.39 is 0 Å². The minimum atomic E-state index is 0.0820. The van der Waals surface area contributed by atoms with E-state index in [2.05, 4.69) is 11.8 Å². The standard InChI is InChI=1S/C10H22N2O/c1-4-10(13)9(7-6-8-11)12(3)5-2/h9H,4-8,11H2,1-3H3/t9-/m0/s1. The number of hydrogen-bond acceptors (Lipinski definition) is 3. The molecule has 0 heterocycles. The largest absolute Gasteiger partial charge is 0.330 e. The lowest BCUT2D eigenvalue weighted by Crippen LogP contribution is -2.38. The molecule has 0 aliphatic rings. The van der Waals surface area contributed by atoms with E-state index in [9.17, 15) is 4.79 Å². The first-order valence-electron chi connectivity index (χ1n) is 5.10. The van der Waals surface area contributed by atoms with Gasteiger partial charge in [0.15, 0.2) is 0 Å². The average molecular weight is 186 g/mol. The van der Waals surface area contributed by atoms with Crippen molar-refractivity contribution in [3.8, 4) is 0 Å². The highest BCUT2D eigenvalue weighted by Gasteiger charge is 2.19. The summed E-state index contributed by atoms with van der Waals surface area (Å²) in [6.07, 6.45) is 2.45. The SMILES string of the molecule is CCC(=O)[C@H](CCCN)N(C)CC. The van der Waals surface area contributed by atoms with Crippen LogP contribution in [0.4, 0.5) is 0 Å². The first-order chi connectivity index (χ1) is 6.17. The van der Waals surface area contributed by atoms with Crippen molar-refractivity contribution < 1.29 is 4.79 Å². The van der Waals surface area contributed by atoms with Crippen molar-refractivity contribution in [1.29, 1.82) is 0 Å². The van der Waals surface area contributed by atoms with Crippen molar-refractivity contribution in [3.63, 3.8) is 0 Å². The summed E-state index contributed by atoms with van der Waals surface area (Å²) in [5.74, 6) is 0.331. The highest BCUT2D eigenvalue weighted by molar-refractivity contribution is 5.83. The molecule has 0 fully saturated rings. The van der Waals surface area contributed by atoms with Crippen LogP contribution < -0.4 is 5.73 Å². The molecule has 0 saturated heterocycles. The highest BCUT2D eigenvalue weighted by atomic mass is 16.1. The molecular formula is C10H22N2O. The summed E-state index contributed by atoms with van der Waals surface area (Å²) in [5.41, 5.74) is 5.43. The summed E-state index contributed by atoms with van der Waals surface area (Å²) in [7, 11) is 1.99. The molecule has 0 unspecified atom stereocenters. The van der Waals surface area contributed by atoms with Gasteiger partial charge in [-0.3, -0.25) is 9.69 Å². The van der Waals surface area contributed by atoms with Gasteiger partial charge in [-0.15, -0.1) is 0 Å². The molecule has 0 aromatic heterocycles. The van der Waals surface area contributed by atoms with Crippen molar-refractivity contribution in [2.75, 3.05) is 20.1 Å². The van der Waals surface area contributed by atoms with Crippen molar-refractivity contribution >= 4 is 5.78 Å². The van der Waals surface area contributed by atoms with Crippen LogP contribution in [-0.2, 0) is 4.79 Å². The number of likely N-dealkylation sites (N-methyl/N-ethyl adjacent to an activating group) is 1. The van der Waals surface area contributed by atoms with Crippen LogP contribution in [0.2, 0.25) is 0 Å². The Kier molecular flexibility index (Phi) is 6.82. The number of ketones is 1. The monoisotopic (exact) mass is 186 g/mol. The van der Waals surface area contributed by atoms with Gasteiger partial charge in [0.25, 0.3) is 0 Å². The van der Waals surface area contributed by atoms with Crippen LogP contribution in [0.15, 0.2) is 0 Å². The summed E-state index contributed by atoms with van der Waals surface area (Å²) in [5, 5.41) is 0. The van der Waals surface area contributed by atoms with Crippen LogP contribution >= 0.6 is 0 Å². The summed E-state index contributed by atoms with van der Waals surface area (Å²) in [4.78, 5) is 13.6. The first kappa shape index (κ1) is 12.6. The molecule has 0 aliphatic heterocycles. The lowest BCUT2D eigenvalue weighted by molar-refractivity contribution is -0.123. The van der Waals surface area contributed by atoms with Gasteiger partial charge in [0, 0.05) is 6.42 Å². The van der Waals surface area contributed by atoms with Gasteiger partial charge in [-0.1, -0.05) is 13.8 Å². The Morgan fingerprint density at radius 1 is 1.46 bits per heavy atom. The summed E-state index contributed by atoms with van der Waals surface area (Å²) >= 11 is 0. The van der Waals surface area contributed by atoms with Gasteiger partial charge in [-0.05, 0) is 33.0 Å². The van der Waals surface area contributed by atoms with Gasteiger partial charge in [-0.2, -0.15) is 0 Å². The maximum Gasteiger partial charge on any atom is 0.149 e. The van der Waals surface area contributed by atoms with Gasteiger partial charge >= 0.3 is 0 Å². The molecule has 2 N–H and O–H groups in total. The second-order valence-corrected chi connectivity index (χ2v) is 3.34. The molecule has 0 amide bonds. The minimum Gasteiger partial charge on any atom is -0.330 e. The minimum absolute atomic E-state index is 0.0820. The maximum absolute atomic E-state index is 11.5. The molecule has 0 aromatic rings. The molecule has 78 valence electrons. The molecule has 0 radical (unpaired) electrons. The lowest BCUT2D eigenvalue weighted by Gasteiger charge is -2.25. The number of carbonyl (C=O) groups is 1. The van der Waals surface area contributed by atoms with E-state index in [0.717, 1.165) is 19.4 Å². The predicted octanol–water partition coefficient (Wildman–Crippen LogP) is 1.02. The molecule has 0 rings (SSSR count). The lowest BCUT2D eigenvalue weighted by atomic mass is 10.0. The predicted molar refractivity (Wildman–Crippen MR) is 55.7 cm³/mol. The van der Waals surface area contributed by atoms with Crippen LogP contribution in [0.25, 0.3) is 0 Å². The molecular weight excluding hydrogens is 164 g/mol. The van der Waals surface area contributed by atoms with E-state index in [1.54, 1.807) is 0 Å². The molecule has 0 saturated carbocycles. The molecule has 13 heavy (non-hydrogen) atoms. The van der Waals surface area contributed by atoms with Crippen molar-refractivity contribution in [1.82, 2.24) is 4.90 Å². The third-order valence-electron chi connectivity index (χ3n) is 2.43. The van der Waals surface area contributed by atoms with Crippen LogP contribution in [0.3, 0.4) is 0 Å². The number of nitrogens with two attached hydrogens (primary N) is 1. The number of hydrogen-bond donors (Lipinski definition) is 1. The zero-order valence-electron chi connectivity index (χ0n) is 9.05. The number of Topliss-reactive ketones (excluding diaryl/α,β-unsaturated/α-hetero) is 1. The smallest absolute Gasteiger partial charge is 0.149 e. The van der Waals surface area contributed by atoms with E-state index in [0.29, 0.717) is 18.7 Å². The van der Waals surface area contributed by atoms with Gasteiger partial charge in [0.1, 0.15) is 5.78 Å². The Labute approximate surface area is 81.3 Å². The third kappa shape index (κ3) is 4.39. The van der Waals surface area contributed by atoms with Crippen molar-refractivity contribution in [2.45, 2.75) is 39.2 Å². The highest BCUT2D eigenvalue weighted by Crippen LogP contribution is 2.07. The van der Waals surface area contributed by atoms with E-state index in [4.69, 9.17) is 5.73 Å². The average Bonchev–Trinajstić information content (AvgIpc) is 2.17. The van der Waals surface area contributed by atoms with Gasteiger partial charge in [0.05, 0.1) is 6.04 Å². The number of nitrogens with zero attached hydrogens (tertiary/aromatic N) is 1. The Bertz CT molecular complexity index is 148. The fraction of sp³-hybridized carbons (Fsp3) is 0.900. The van der Waals surface area contributed by atoms with Crippen molar-refractivity contribution in [3.05, 3.63) is 0 Å². The first-order valence-corrected chi connectivity index (χ1v) is 5.10. The fourth-order valence-electron chi connectivity index (χ4n) is 1.39. The molecule has 0 bridgehead atoms. The maximum atomic E-state index is 11.5. The number of carbonyl (C=O) groups excluding carboxylic acids is 1.